The lowest BCUT2D eigenvalue weighted by Gasteiger charge is -2.28. The minimum Gasteiger partial charge on any atom is -0.400 e. The molecule has 0 spiro atoms. The molecule has 3 heterocycles. The smallest absolute Gasteiger partial charge is 0.157 e. The van der Waals surface area contributed by atoms with Gasteiger partial charge in [-0.2, -0.15) is 0 Å². The van der Waals surface area contributed by atoms with Crippen molar-refractivity contribution in [2.75, 3.05) is 33.5 Å². The second kappa shape index (κ2) is 27.9. The van der Waals surface area contributed by atoms with Crippen LogP contribution in [0.1, 0.15) is 86.0 Å². The third-order valence-corrected chi connectivity index (χ3v) is 4.48. The van der Waals surface area contributed by atoms with Gasteiger partial charge in [0.2, 0.25) is 0 Å². The summed E-state index contributed by atoms with van der Waals surface area (Å²) in [6.45, 7) is 12.3. The van der Waals surface area contributed by atoms with Crippen LogP contribution in [0.5, 0.6) is 0 Å². The van der Waals surface area contributed by atoms with E-state index < -0.39 is 24.8 Å². The van der Waals surface area contributed by atoms with Crippen molar-refractivity contribution in [2.24, 2.45) is 5.92 Å². The van der Waals surface area contributed by atoms with Crippen LogP contribution in [0.2, 0.25) is 0 Å². The topological polar surface area (TPSA) is 149 Å². The molecule has 33 heavy (non-hydrogen) atoms. The Morgan fingerprint density at radius 3 is 1.64 bits per heavy atom. The molecule has 3 aliphatic heterocycles. The van der Waals surface area contributed by atoms with Gasteiger partial charge in [-0.3, -0.25) is 0 Å². The Hall–Kier alpha value is -0.360. The van der Waals surface area contributed by atoms with E-state index in [4.69, 9.17) is 44.8 Å². The standard InChI is InChI=1S/C6H12O4.C6H12O3.C6H12O.C3H8.C2H6.CH4O/c7-3-5-1-4(8)2-6(9)10-5;7-4-5-2-1-3-6(8)9-5;1-6-3-2-4-7-5-6;1-3-2;2*1-2/h4-9H,1-3H2;5-8H,1-4H2;6H,2-5H2,1H3;3H2,1-2H3;1-2H3;2H,1H3. The van der Waals surface area contributed by atoms with E-state index in [-0.39, 0.29) is 25.7 Å². The van der Waals surface area contributed by atoms with Crippen molar-refractivity contribution < 1.29 is 44.8 Å². The third-order valence-electron chi connectivity index (χ3n) is 4.48. The second-order valence-corrected chi connectivity index (χ2v) is 7.88. The normalized spacial score (nSPS) is 30.5. The van der Waals surface area contributed by atoms with E-state index in [1.165, 1.54) is 19.3 Å². The fourth-order valence-corrected chi connectivity index (χ4v) is 3.00. The van der Waals surface area contributed by atoms with Gasteiger partial charge in [-0.05, 0) is 38.0 Å². The van der Waals surface area contributed by atoms with E-state index >= 15 is 0 Å². The predicted octanol–water partition coefficient (Wildman–Crippen LogP) is 2.19. The maximum absolute atomic E-state index is 9.03. The van der Waals surface area contributed by atoms with Gasteiger partial charge in [-0.1, -0.05) is 41.0 Å². The lowest BCUT2D eigenvalue weighted by atomic mass is 10.1. The van der Waals surface area contributed by atoms with Gasteiger partial charge >= 0.3 is 0 Å². The Balaban J connectivity index is -0.000000363. The SMILES string of the molecule is CC.CC1CCCOC1.CCC.CO.OCC1CC(O)CC(O)O1.OCC1CCCC(O)O1. The Kier molecular flexibility index (Phi) is 31.4. The molecule has 0 saturated carbocycles. The van der Waals surface area contributed by atoms with Crippen molar-refractivity contribution >= 4 is 0 Å². The molecular weight excluding hydrogens is 432 g/mol. The molecule has 9 heteroatoms. The Bertz CT molecular complexity index is 345. The molecule has 6 unspecified atom stereocenters. The van der Waals surface area contributed by atoms with Gasteiger partial charge in [0.1, 0.15) is 0 Å². The van der Waals surface area contributed by atoms with Crippen molar-refractivity contribution in [3.63, 3.8) is 0 Å². The first kappa shape index (κ1) is 37.2. The average molecular weight is 487 g/mol. The molecule has 0 aliphatic carbocycles. The highest BCUT2D eigenvalue weighted by Crippen LogP contribution is 2.17. The molecule has 6 N–H and O–H groups in total. The van der Waals surface area contributed by atoms with E-state index in [0.29, 0.717) is 12.8 Å². The molecule has 0 aromatic rings. The van der Waals surface area contributed by atoms with Crippen LogP contribution < -0.4 is 0 Å². The summed E-state index contributed by atoms with van der Waals surface area (Å²) in [5.41, 5.74) is 0. The summed E-state index contributed by atoms with van der Waals surface area (Å²) in [6.07, 6.45) is 4.42. The van der Waals surface area contributed by atoms with Crippen LogP contribution in [0.25, 0.3) is 0 Å². The Morgan fingerprint density at radius 2 is 1.30 bits per heavy atom. The van der Waals surface area contributed by atoms with Crippen molar-refractivity contribution in [1.82, 2.24) is 0 Å². The quantitative estimate of drug-likeness (QED) is 0.345. The molecule has 6 atom stereocenters. The van der Waals surface area contributed by atoms with Gasteiger partial charge in [0.05, 0.1) is 31.5 Å². The van der Waals surface area contributed by atoms with Crippen molar-refractivity contribution in [3.8, 4) is 0 Å². The van der Waals surface area contributed by atoms with Gasteiger partial charge < -0.3 is 44.8 Å². The van der Waals surface area contributed by atoms with Crippen LogP contribution in [-0.4, -0.2) is 95.1 Å². The maximum atomic E-state index is 9.03. The van der Waals surface area contributed by atoms with E-state index in [0.717, 1.165) is 39.1 Å². The lowest BCUT2D eigenvalue weighted by Crippen LogP contribution is -2.37. The molecule has 0 aromatic heterocycles. The number of hydrogen-bond acceptors (Lipinski definition) is 9. The molecule has 0 aromatic carbocycles. The molecule has 9 nitrogen and oxygen atoms in total. The maximum Gasteiger partial charge on any atom is 0.157 e. The van der Waals surface area contributed by atoms with E-state index in [1.807, 2.05) is 13.8 Å². The van der Waals surface area contributed by atoms with Gasteiger partial charge in [-0.15, -0.1) is 0 Å². The van der Waals surface area contributed by atoms with E-state index in [2.05, 4.69) is 20.8 Å². The average Bonchev–Trinajstić information content (AvgIpc) is 2.83. The Morgan fingerprint density at radius 1 is 0.758 bits per heavy atom. The summed E-state index contributed by atoms with van der Waals surface area (Å²) in [6, 6.07) is 0. The fourth-order valence-electron chi connectivity index (χ4n) is 3.00. The largest absolute Gasteiger partial charge is 0.400 e. The first-order valence-electron chi connectivity index (χ1n) is 12.4. The van der Waals surface area contributed by atoms with Gasteiger partial charge in [0.15, 0.2) is 12.6 Å². The molecule has 204 valence electrons. The molecular formula is C24H54O9. The Labute approximate surface area is 201 Å². The number of hydrogen-bond donors (Lipinski definition) is 6. The summed E-state index contributed by atoms with van der Waals surface area (Å²) < 4.78 is 15.0. The van der Waals surface area contributed by atoms with E-state index in [9.17, 15) is 0 Å². The van der Waals surface area contributed by atoms with Gasteiger partial charge in [0, 0.05) is 33.2 Å². The highest BCUT2D eigenvalue weighted by molar-refractivity contribution is 4.71. The first-order valence-corrected chi connectivity index (χ1v) is 12.4. The number of ether oxygens (including phenoxy) is 3. The predicted molar refractivity (Wildman–Crippen MR) is 130 cm³/mol. The number of aliphatic hydroxyl groups excluding tert-OH is 6. The third kappa shape index (κ3) is 24.6. The van der Waals surface area contributed by atoms with Crippen molar-refractivity contribution in [2.45, 2.75) is 117 Å². The molecule has 3 saturated heterocycles. The highest BCUT2D eigenvalue weighted by Gasteiger charge is 2.26. The van der Waals surface area contributed by atoms with Crippen LogP contribution in [0.15, 0.2) is 0 Å². The fraction of sp³-hybridized carbons (Fsp3) is 1.00. The summed E-state index contributed by atoms with van der Waals surface area (Å²) in [5, 5.41) is 50.9. The van der Waals surface area contributed by atoms with Crippen LogP contribution in [0, 0.1) is 5.92 Å². The minimum absolute atomic E-state index is 0.0249. The van der Waals surface area contributed by atoms with Crippen LogP contribution >= 0.6 is 0 Å². The van der Waals surface area contributed by atoms with Crippen molar-refractivity contribution in [3.05, 3.63) is 0 Å². The van der Waals surface area contributed by atoms with Gasteiger partial charge in [-0.25, -0.2) is 0 Å². The van der Waals surface area contributed by atoms with Crippen molar-refractivity contribution in [1.29, 1.82) is 0 Å². The lowest BCUT2D eigenvalue weighted by molar-refractivity contribution is -0.197. The highest BCUT2D eigenvalue weighted by atomic mass is 16.6. The van der Waals surface area contributed by atoms with Crippen LogP contribution in [0.4, 0.5) is 0 Å². The molecule has 0 radical (unpaired) electrons. The molecule has 3 aliphatic rings. The molecule has 0 amide bonds. The first-order chi connectivity index (χ1) is 15.9. The molecule has 3 rings (SSSR count). The number of rotatable bonds is 2. The summed E-state index contributed by atoms with van der Waals surface area (Å²) in [4.78, 5) is 0. The van der Waals surface area contributed by atoms with E-state index in [1.54, 1.807) is 0 Å². The van der Waals surface area contributed by atoms with Crippen LogP contribution in [-0.2, 0) is 14.2 Å². The minimum atomic E-state index is -0.916. The van der Waals surface area contributed by atoms with Crippen LogP contribution in [0.3, 0.4) is 0 Å². The second-order valence-electron chi connectivity index (χ2n) is 7.88. The summed E-state index contributed by atoms with van der Waals surface area (Å²) in [7, 11) is 1.00. The molecule has 3 fully saturated rings. The monoisotopic (exact) mass is 486 g/mol. The number of aliphatic hydroxyl groups is 6. The summed E-state index contributed by atoms with van der Waals surface area (Å²) in [5.74, 6) is 0.814. The summed E-state index contributed by atoms with van der Waals surface area (Å²) >= 11 is 0. The zero-order chi connectivity index (χ0) is 26.1. The van der Waals surface area contributed by atoms with Gasteiger partial charge in [0.25, 0.3) is 0 Å². The zero-order valence-electron chi connectivity index (χ0n) is 21.9. The molecule has 0 bridgehead atoms. The zero-order valence-corrected chi connectivity index (χ0v) is 21.9.